The van der Waals surface area contributed by atoms with Gasteiger partial charge in [0.05, 0.1) is 13.2 Å². The number of fused-ring (bicyclic) bond motifs is 1. The summed E-state index contributed by atoms with van der Waals surface area (Å²) >= 11 is 0. The van der Waals surface area contributed by atoms with E-state index in [0.29, 0.717) is 12.1 Å². The molecule has 0 bridgehead atoms. The first-order valence-electron chi connectivity index (χ1n) is 5.86. The molecule has 2 aliphatic heterocycles. The Kier molecular flexibility index (Phi) is 3.14. The van der Waals surface area contributed by atoms with E-state index < -0.39 is 0 Å². The fraction of sp³-hybridized carbons (Fsp3) is 0.909. The first-order chi connectivity index (χ1) is 7.27. The molecule has 4 nitrogen and oxygen atoms in total. The minimum atomic E-state index is -0.172. The van der Waals surface area contributed by atoms with E-state index >= 15 is 0 Å². The van der Waals surface area contributed by atoms with Gasteiger partial charge in [-0.15, -0.1) is 0 Å². The van der Waals surface area contributed by atoms with Gasteiger partial charge in [0.25, 0.3) is 0 Å². The molecule has 4 heteroatoms. The van der Waals surface area contributed by atoms with Crippen LogP contribution in [0, 0.1) is 5.92 Å². The second kappa shape index (κ2) is 4.39. The molecule has 2 rings (SSSR count). The average molecular weight is 212 g/mol. The number of carbonyl (C=O) groups is 1. The quantitative estimate of drug-likeness (QED) is 0.710. The molecule has 2 fully saturated rings. The number of methoxy groups -OCH3 is 1. The molecule has 0 aliphatic carbocycles. The number of amides is 1. The van der Waals surface area contributed by atoms with E-state index in [9.17, 15) is 4.79 Å². The van der Waals surface area contributed by atoms with Gasteiger partial charge in [0.1, 0.15) is 0 Å². The van der Waals surface area contributed by atoms with Crippen molar-refractivity contribution < 1.29 is 9.53 Å². The Morgan fingerprint density at radius 3 is 3.00 bits per heavy atom. The molecule has 0 aromatic rings. The molecule has 0 spiro atoms. The number of carbonyl (C=O) groups excluding carboxylic acids is 1. The van der Waals surface area contributed by atoms with Crippen molar-refractivity contribution in [3.8, 4) is 0 Å². The Balaban J connectivity index is 2.10. The minimum Gasteiger partial charge on any atom is -0.453 e. The summed E-state index contributed by atoms with van der Waals surface area (Å²) in [4.78, 5) is 13.5. The van der Waals surface area contributed by atoms with Gasteiger partial charge >= 0.3 is 6.09 Å². The van der Waals surface area contributed by atoms with Gasteiger partial charge in [-0.2, -0.15) is 0 Å². The van der Waals surface area contributed by atoms with Gasteiger partial charge in [0.15, 0.2) is 0 Å². The number of ether oxygens (including phenoxy) is 1. The minimum absolute atomic E-state index is 0.172. The molecule has 0 aromatic heterocycles. The number of nitrogens with zero attached hydrogens (tertiary/aromatic N) is 1. The number of hydrogen-bond donors (Lipinski definition) is 1. The number of rotatable bonds is 1. The van der Waals surface area contributed by atoms with E-state index in [4.69, 9.17) is 4.74 Å². The molecule has 3 atom stereocenters. The molecule has 2 heterocycles. The number of likely N-dealkylation sites (tertiary alicyclic amines) is 1. The highest BCUT2D eigenvalue weighted by molar-refractivity contribution is 5.68. The van der Waals surface area contributed by atoms with Crippen molar-refractivity contribution in [2.75, 3.05) is 20.2 Å². The van der Waals surface area contributed by atoms with Gasteiger partial charge in [-0.25, -0.2) is 4.79 Å². The van der Waals surface area contributed by atoms with Crippen molar-refractivity contribution in [3.05, 3.63) is 0 Å². The maximum absolute atomic E-state index is 11.6. The first-order valence-corrected chi connectivity index (χ1v) is 5.86. The lowest BCUT2D eigenvalue weighted by Crippen LogP contribution is -2.56. The lowest BCUT2D eigenvalue weighted by atomic mass is 9.85. The Bertz CT molecular complexity index is 245. The van der Waals surface area contributed by atoms with Crippen molar-refractivity contribution in [3.63, 3.8) is 0 Å². The maximum Gasteiger partial charge on any atom is 0.409 e. The molecule has 86 valence electrons. The third kappa shape index (κ3) is 1.83. The number of piperidine rings is 1. The van der Waals surface area contributed by atoms with E-state index in [-0.39, 0.29) is 6.09 Å². The van der Waals surface area contributed by atoms with Crippen LogP contribution in [0.5, 0.6) is 0 Å². The highest BCUT2D eigenvalue weighted by Gasteiger charge is 2.41. The van der Waals surface area contributed by atoms with Crippen LogP contribution in [0.25, 0.3) is 0 Å². The van der Waals surface area contributed by atoms with Crippen LogP contribution in [0.4, 0.5) is 4.79 Å². The smallest absolute Gasteiger partial charge is 0.409 e. The van der Waals surface area contributed by atoms with Crippen LogP contribution in [0.2, 0.25) is 0 Å². The van der Waals surface area contributed by atoms with E-state index in [2.05, 4.69) is 12.2 Å². The van der Waals surface area contributed by atoms with Crippen molar-refractivity contribution in [1.82, 2.24) is 10.2 Å². The third-order valence-electron chi connectivity index (χ3n) is 3.79. The van der Waals surface area contributed by atoms with Crippen LogP contribution in [0.15, 0.2) is 0 Å². The van der Waals surface area contributed by atoms with Gasteiger partial charge in [-0.05, 0) is 31.7 Å². The zero-order valence-corrected chi connectivity index (χ0v) is 9.53. The first kappa shape index (κ1) is 10.7. The molecule has 0 aromatic carbocycles. The molecular weight excluding hydrogens is 192 g/mol. The Morgan fingerprint density at radius 1 is 1.53 bits per heavy atom. The lowest BCUT2D eigenvalue weighted by Gasteiger charge is -2.41. The molecule has 2 saturated heterocycles. The summed E-state index contributed by atoms with van der Waals surface area (Å²) in [6.07, 6.45) is 3.21. The largest absolute Gasteiger partial charge is 0.453 e. The van der Waals surface area contributed by atoms with Crippen molar-refractivity contribution in [2.45, 2.75) is 38.3 Å². The monoisotopic (exact) mass is 212 g/mol. The molecule has 0 saturated carbocycles. The Morgan fingerprint density at radius 2 is 2.33 bits per heavy atom. The number of hydrogen-bond acceptors (Lipinski definition) is 3. The summed E-state index contributed by atoms with van der Waals surface area (Å²) in [6, 6.07) is 0.807. The second-order valence-corrected chi connectivity index (χ2v) is 4.46. The topological polar surface area (TPSA) is 41.6 Å². The van der Waals surface area contributed by atoms with Gasteiger partial charge in [0.2, 0.25) is 0 Å². The maximum atomic E-state index is 11.6. The van der Waals surface area contributed by atoms with Gasteiger partial charge in [-0.3, -0.25) is 0 Å². The molecule has 1 amide bonds. The van der Waals surface area contributed by atoms with Crippen molar-refractivity contribution in [2.24, 2.45) is 5.92 Å². The second-order valence-electron chi connectivity index (χ2n) is 4.46. The zero-order valence-electron chi connectivity index (χ0n) is 9.53. The lowest BCUT2D eigenvalue weighted by molar-refractivity contribution is 0.0643. The average Bonchev–Trinajstić information content (AvgIpc) is 2.74. The molecule has 0 radical (unpaired) electrons. The Hall–Kier alpha value is -0.770. The van der Waals surface area contributed by atoms with Crippen molar-refractivity contribution in [1.29, 1.82) is 0 Å². The van der Waals surface area contributed by atoms with E-state index in [1.807, 2.05) is 4.90 Å². The highest BCUT2D eigenvalue weighted by Crippen LogP contribution is 2.31. The summed E-state index contributed by atoms with van der Waals surface area (Å²) in [6.45, 7) is 4.10. The number of nitrogens with one attached hydrogen (secondary N) is 1. The fourth-order valence-corrected chi connectivity index (χ4v) is 3.04. The SMILES string of the molecule is CCC1C2NCCC2CCN1C(=O)OC. The summed E-state index contributed by atoms with van der Waals surface area (Å²) in [5.41, 5.74) is 0. The zero-order chi connectivity index (χ0) is 10.8. The Labute approximate surface area is 91.0 Å². The fourth-order valence-electron chi connectivity index (χ4n) is 3.04. The van der Waals surface area contributed by atoms with Crippen LogP contribution >= 0.6 is 0 Å². The van der Waals surface area contributed by atoms with E-state index in [0.717, 1.165) is 31.8 Å². The third-order valence-corrected chi connectivity index (χ3v) is 3.79. The highest BCUT2D eigenvalue weighted by atomic mass is 16.5. The van der Waals surface area contributed by atoms with Crippen LogP contribution < -0.4 is 5.32 Å². The summed E-state index contributed by atoms with van der Waals surface area (Å²) in [5, 5.41) is 3.52. The normalized spacial score (nSPS) is 35.1. The molecule has 15 heavy (non-hydrogen) atoms. The predicted molar refractivity (Wildman–Crippen MR) is 57.7 cm³/mol. The van der Waals surface area contributed by atoms with Crippen LogP contribution in [-0.2, 0) is 4.74 Å². The van der Waals surface area contributed by atoms with Gasteiger partial charge in [0, 0.05) is 12.6 Å². The molecular formula is C11H20N2O2. The van der Waals surface area contributed by atoms with Crippen molar-refractivity contribution >= 4 is 6.09 Å². The van der Waals surface area contributed by atoms with Crippen LogP contribution in [0.1, 0.15) is 26.2 Å². The van der Waals surface area contributed by atoms with Gasteiger partial charge in [-0.1, -0.05) is 6.92 Å². The molecule has 2 aliphatic rings. The van der Waals surface area contributed by atoms with Crippen LogP contribution in [0.3, 0.4) is 0 Å². The molecule has 3 unspecified atom stereocenters. The van der Waals surface area contributed by atoms with Crippen LogP contribution in [-0.4, -0.2) is 43.3 Å². The van der Waals surface area contributed by atoms with Gasteiger partial charge < -0.3 is 15.0 Å². The standard InChI is InChI=1S/C11H20N2O2/c1-3-9-10-8(4-6-12-10)5-7-13(9)11(14)15-2/h8-10,12H,3-7H2,1-2H3. The van der Waals surface area contributed by atoms with E-state index in [1.165, 1.54) is 13.5 Å². The summed E-state index contributed by atoms with van der Waals surface area (Å²) < 4.78 is 4.83. The molecule has 1 N–H and O–H groups in total. The summed E-state index contributed by atoms with van der Waals surface area (Å²) in [7, 11) is 1.46. The van der Waals surface area contributed by atoms with E-state index in [1.54, 1.807) is 0 Å². The predicted octanol–water partition coefficient (Wildman–Crippen LogP) is 1.22. The summed E-state index contributed by atoms with van der Waals surface area (Å²) in [5.74, 6) is 0.760.